The summed E-state index contributed by atoms with van der Waals surface area (Å²) in [6.07, 6.45) is 4.11. The van der Waals surface area contributed by atoms with E-state index in [1.54, 1.807) is 13.0 Å². The molecular formula is C16H24FNO. The first-order valence-electron chi connectivity index (χ1n) is 7.35. The molecule has 1 aromatic rings. The molecule has 19 heavy (non-hydrogen) atoms. The normalized spacial score (nSPS) is 18.6. The fraction of sp³-hybridized carbons (Fsp3) is 0.625. The van der Waals surface area contributed by atoms with Crippen LogP contribution >= 0.6 is 0 Å². The molecule has 0 amide bonds. The van der Waals surface area contributed by atoms with Gasteiger partial charge in [0.1, 0.15) is 5.82 Å². The van der Waals surface area contributed by atoms with E-state index in [9.17, 15) is 9.50 Å². The summed E-state index contributed by atoms with van der Waals surface area (Å²) in [5.41, 5.74) is 1.31. The number of benzene rings is 1. The van der Waals surface area contributed by atoms with Gasteiger partial charge in [-0.3, -0.25) is 0 Å². The Hall–Kier alpha value is -1.09. The molecule has 2 nitrogen and oxygen atoms in total. The minimum absolute atomic E-state index is 0.303. The lowest BCUT2D eigenvalue weighted by atomic mass is 9.91. The first kappa shape index (κ1) is 14.3. The molecule has 0 aliphatic carbocycles. The zero-order valence-electron chi connectivity index (χ0n) is 11.9. The summed E-state index contributed by atoms with van der Waals surface area (Å²) in [5, 5.41) is 9.79. The van der Waals surface area contributed by atoms with Crippen molar-refractivity contribution < 1.29 is 9.50 Å². The van der Waals surface area contributed by atoms with E-state index in [1.165, 1.54) is 31.7 Å². The van der Waals surface area contributed by atoms with Crippen LogP contribution in [0.1, 0.15) is 51.2 Å². The van der Waals surface area contributed by atoms with Crippen molar-refractivity contribution in [1.29, 1.82) is 0 Å². The molecule has 0 unspecified atom stereocenters. The van der Waals surface area contributed by atoms with Crippen LogP contribution in [0.4, 0.5) is 10.1 Å². The Labute approximate surface area is 115 Å². The third-order valence-corrected chi connectivity index (χ3v) is 4.10. The second-order valence-corrected chi connectivity index (χ2v) is 5.57. The maximum Gasteiger partial charge on any atom is 0.131 e. The number of aliphatic hydroxyl groups is 1. The number of nitrogens with zero attached hydrogens (tertiary/aromatic N) is 1. The Morgan fingerprint density at radius 2 is 2.05 bits per heavy atom. The maximum atomic E-state index is 13.9. The van der Waals surface area contributed by atoms with Crippen molar-refractivity contribution in [3.8, 4) is 0 Å². The molecule has 1 aromatic carbocycles. The topological polar surface area (TPSA) is 23.5 Å². The summed E-state index contributed by atoms with van der Waals surface area (Å²) in [6, 6.07) is 5.08. The Morgan fingerprint density at radius 1 is 1.37 bits per heavy atom. The number of rotatable bonds is 4. The smallest absolute Gasteiger partial charge is 0.131 e. The highest BCUT2D eigenvalue weighted by molar-refractivity contribution is 5.55. The summed E-state index contributed by atoms with van der Waals surface area (Å²) in [4.78, 5) is 2.22. The summed E-state index contributed by atoms with van der Waals surface area (Å²) >= 11 is 0. The van der Waals surface area contributed by atoms with Gasteiger partial charge in [-0.05, 0) is 37.8 Å². The van der Waals surface area contributed by atoms with E-state index in [0.29, 0.717) is 5.56 Å². The molecule has 0 saturated carbocycles. The molecule has 3 heteroatoms. The van der Waals surface area contributed by atoms with Crippen LogP contribution in [0.3, 0.4) is 0 Å². The van der Waals surface area contributed by atoms with Gasteiger partial charge in [-0.1, -0.05) is 25.8 Å². The van der Waals surface area contributed by atoms with Crippen LogP contribution in [0, 0.1) is 11.7 Å². The highest BCUT2D eigenvalue weighted by Crippen LogP contribution is 2.32. The largest absolute Gasteiger partial charge is 0.389 e. The number of hydrogen-bond acceptors (Lipinski definition) is 2. The molecule has 2 rings (SSSR count). The predicted molar refractivity (Wildman–Crippen MR) is 76.9 cm³/mol. The van der Waals surface area contributed by atoms with Crippen molar-refractivity contribution in [1.82, 2.24) is 0 Å². The van der Waals surface area contributed by atoms with Crippen LogP contribution in [0.25, 0.3) is 0 Å². The monoisotopic (exact) mass is 265 g/mol. The first-order chi connectivity index (χ1) is 9.13. The van der Waals surface area contributed by atoms with E-state index in [-0.39, 0.29) is 5.82 Å². The molecule has 1 N–H and O–H groups in total. The molecule has 1 heterocycles. The van der Waals surface area contributed by atoms with Gasteiger partial charge in [0.05, 0.1) is 6.10 Å². The third kappa shape index (κ3) is 3.27. The second kappa shape index (κ2) is 6.38. The van der Waals surface area contributed by atoms with Gasteiger partial charge in [0.25, 0.3) is 0 Å². The van der Waals surface area contributed by atoms with Crippen molar-refractivity contribution >= 4 is 5.69 Å². The molecule has 0 spiro atoms. The molecule has 1 aliphatic heterocycles. The first-order valence-corrected chi connectivity index (χ1v) is 7.35. The fourth-order valence-corrected chi connectivity index (χ4v) is 3.09. The van der Waals surface area contributed by atoms with E-state index in [4.69, 9.17) is 0 Å². The Balaban J connectivity index is 2.13. The minimum Gasteiger partial charge on any atom is -0.389 e. The quantitative estimate of drug-likeness (QED) is 0.892. The number of hydrogen-bond donors (Lipinski definition) is 1. The summed E-state index contributed by atoms with van der Waals surface area (Å²) in [7, 11) is 0. The Kier molecular flexibility index (Phi) is 4.81. The summed E-state index contributed by atoms with van der Waals surface area (Å²) in [5.74, 6) is 0.507. The van der Waals surface area contributed by atoms with Crippen LogP contribution in [0.15, 0.2) is 18.2 Å². The van der Waals surface area contributed by atoms with Gasteiger partial charge in [0, 0.05) is 24.3 Å². The lowest BCUT2D eigenvalue weighted by molar-refractivity contribution is 0.194. The summed E-state index contributed by atoms with van der Waals surface area (Å²) < 4.78 is 13.9. The fourth-order valence-electron chi connectivity index (χ4n) is 3.09. The number of halogens is 1. The molecule has 0 aromatic heterocycles. The van der Waals surface area contributed by atoms with E-state index < -0.39 is 6.10 Å². The standard InChI is InChI=1S/C16H24FNO/c1-3-5-13-8-10-18(11-9-13)15-7-4-6-14(17)16(15)12(2)19/h4,6-7,12-13,19H,3,5,8-11H2,1-2H3/t12-/m1/s1. The van der Waals surface area contributed by atoms with E-state index in [1.807, 2.05) is 6.07 Å². The van der Waals surface area contributed by atoms with Gasteiger partial charge in [0.2, 0.25) is 0 Å². The van der Waals surface area contributed by atoms with Crippen molar-refractivity contribution in [3.63, 3.8) is 0 Å². The number of aliphatic hydroxyl groups excluding tert-OH is 1. The highest BCUT2D eigenvalue weighted by atomic mass is 19.1. The molecule has 0 bridgehead atoms. The van der Waals surface area contributed by atoms with Crippen LogP contribution in [-0.4, -0.2) is 18.2 Å². The lowest BCUT2D eigenvalue weighted by Crippen LogP contribution is -2.34. The molecule has 0 radical (unpaired) electrons. The lowest BCUT2D eigenvalue weighted by Gasteiger charge is -2.35. The Morgan fingerprint density at radius 3 is 2.63 bits per heavy atom. The molecule has 1 atom stereocenters. The molecule has 1 fully saturated rings. The third-order valence-electron chi connectivity index (χ3n) is 4.10. The predicted octanol–water partition coefficient (Wildman–Crippen LogP) is 3.90. The van der Waals surface area contributed by atoms with Crippen molar-refractivity contribution in [2.24, 2.45) is 5.92 Å². The van der Waals surface area contributed by atoms with E-state index >= 15 is 0 Å². The number of anilines is 1. The highest BCUT2D eigenvalue weighted by Gasteiger charge is 2.23. The van der Waals surface area contributed by atoms with Gasteiger partial charge >= 0.3 is 0 Å². The maximum absolute atomic E-state index is 13.9. The zero-order chi connectivity index (χ0) is 13.8. The van der Waals surface area contributed by atoms with Gasteiger partial charge in [0.15, 0.2) is 0 Å². The van der Waals surface area contributed by atoms with Crippen molar-refractivity contribution in [2.75, 3.05) is 18.0 Å². The zero-order valence-corrected chi connectivity index (χ0v) is 11.9. The van der Waals surface area contributed by atoms with Crippen LogP contribution in [0.5, 0.6) is 0 Å². The average Bonchev–Trinajstić information content (AvgIpc) is 2.39. The van der Waals surface area contributed by atoms with E-state index in [0.717, 1.165) is 24.7 Å². The van der Waals surface area contributed by atoms with Crippen LogP contribution < -0.4 is 4.90 Å². The molecule has 1 saturated heterocycles. The minimum atomic E-state index is -0.760. The van der Waals surface area contributed by atoms with Crippen molar-refractivity contribution in [2.45, 2.75) is 45.6 Å². The van der Waals surface area contributed by atoms with Gasteiger partial charge in [-0.2, -0.15) is 0 Å². The number of piperidine rings is 1. The van der Waals surface area contributed by atoms with Gasteiger partial charge < -0.3 is 10.0 Å². The van der Waals surface area contributed by atoms with E-state index in [2.05, 4.69) is 11.8 Å². The SMILES string of the molecule is CCCC1CCN(c2cccc(F)c2[C@@H](C)O)CC1. The molecular weight excluding hydrogens is 241 g/mol. The van der Waals surface area contributed by atoms with Crippen LogP contribution in [0.2, 0.25) is 0 Å². The molecule has 1 aliphatic rings. The summed E-state index contributed by atoms with van der Waals surface area (Å²) in [6.45, 7) is 5.79. The van der Waals surface area contributed by atoms with Crippen molar-refractivity contribution in [3.05, 3.63) is 29.6 Å². The molecule has 106 valence electrons. The van der Waals surface area contributed by atoms with Gasteiger partial charge in [-0.25, -0.2) is 4.39 Å². The van der Waals surface area contributed by atoms with Gasteiger partial charge in [-0.15, -0.1) is 0 Å². The van der Waals surface area contributed by atoms with Crippen LogP contribution in [-0.2, 0) is 0 Å². The Bertz CT molecular complexity index is 411. The average molecular weight is 265 g/mol. The second-order valence-electron chi connectivity index (χ2n) is 5.57.